The highest BCUT2D eigenvalue weighted by molar-refractivity contribution is 5.90. The fraction of sp³-hybridized carbons (Fsp3) is 0.263. The van der Waals surface area contributed by atoms with Gasteiger partial charge in [-0.05, 0) is 59.4 Å². The van der Waals surface area contributed by atoms with Gasteiger partial charge in [0.2, 0.25) is 0 Å². The minimum absolute atomic E-state index is 0.302. The van der Waals surface area contributed by atoms with E-state index in [1.54, 1.807) is 19.2 Å². The van der Waals surface area contributed by atoms with E-state index in [1.807, 2.05) is 24.3 Å². The van der Waals surface area contributed by atoms with Crippen molar-refractivity contribution in [2.75, 3.05) is 7.11 Å². The first kappa shape index (κ1) is 15.2. The summed E-state index contributed by atoms with van der Waals surface area (Å²) in [4.78, 5) is 0. The molecule has 2 nitrogen and oxygen atoms in total. The molecule has 0 aliphatic heterocycles. The van der Waals surface area contributed by atoms with Crippen LogP contribution in [0.3, 0.4) is 0 Å². The lowest BCUT2D eigenvalue weighted by Crippen LogP contribution is -1.92. The fourth-order valence-electron chi connectivity index (χ4n) is 2.64. The second kappa shape index (κ2) is 6.98. The third kappa shape index (κ3) is 3.46. The van der Waals surface area contributed by atoms with Gasteiger partial charge in [0.05, 0.1) is 7.11 Å². The number of aromatic hydroxyl groups is 1. The van der Waals surface area contributed by atoms with Gasteiger partial charge in [-0.15, -0.1) is 0 Å². The smallest absolute Gasteiger partial charge is 0.118 e. The average Bonchev–Trinajstić information content (AvgIpc) is 2.54. The molecule has 0 unspecified atom stereocenters. The number of phenolic OH excluding ortho intramolecular Hbond substituents is 1. The highest BCUT2D eigenvalue weighted by atomic mass is 16.5. The Morgan fingerprint density at radius 1 is 0.810 bits per heavy atom. The summed E-state index contributed by atoms with van der Waals surface area (Å²) in [7, 11) is 1.68. The Morgan fingerprint density at radius 3 is 1.62 bits per heavy atom. The van der Waals surface area contributed by atoms with Crippen LogP contribution in [0.1, 0.15) is 37.8 Å². The Morgan fingerprint density at radius 2 is 1.24 bits per heavy atom. The molecule has 2 aromatic rings. The van der Waals surface area contributed by atoms with E-state index >= 15 is 0 Å². The van der Waals surface area contributed by atoms with Crippen molar-refractivity contribution in [1.82, 2.24) is 0 Å². The van der Waals surface area contributed by atoms with Crippen molar-refractivity contribution in [2.45, 2.75) is 26.7 Å². The number of benzene rings is 2. The summed E-state index contributed by atoms with van der Waals surface area (Å²) in [5, 5.41) is 9.45. The maximum absolute atomic E-state index is 9.45. The standard InChI is InChI=1S/C19H22O2/c1-4-18(14-6-10-16(20)11-7-14)19(5-2)15-8-12-17(21-3)13-9-15/h6-13,20H,4-5H2,1-3H3/b19-18+. The summed E-state index contributed by atoms with van der Waals surface area (Å²) in [6, 6.07) is 15.6. The zero-order valence-electron chi connectivity index (χ0n) is 12.9. The van der Waals surface area contributed by atoms with Crippen LogP contribution < -0.4 is 4.74 Å². The van der Waals surface area contributed by atoms with E-state index in [-0.39, 0.29) is 0 Å². The van der Waals surface area contributed by atoms with Gasteiger partial charge >= 0.3 is 0 Å². The summed E-state index contributed by atoms with van der Waals surface area (Å²) in [5.41, 5.74) is 5.06. The molecule has 0 aliphatic carbocycles. The lowest BCUT2D eigenvalue weighted by Gasteiger charge is -2.14. The predicted molar refractivity (Wildman–Crippen MR) is 88.5 cm³/mol. The highest BCUT2D eigenvalue weighted by Crippen LogP contribution is 2.32. The molecule has 0 saturated carbocycles. The molecule has 0 fully saturated rings. The zero-order valence-corrected chi connectivity index (χ0v) is 12.9. The van der Waals surface area contributed by atoms with Crippen LogP contribution >= 0.6 is 0 Å². The first-order chi connectivity index (χ1) is 10.2. The second-order valence-corrected chi connectivity index (χ2v) is 4.94. The molecule has 2 aromatic carbocycles. The third-order valence-corrected chi connectivity index (χ3v) is 3.73. The Hall–Kier alpha value is -2.22. The molecule has 0 aromatic heterocycles. The second-order valence-electron chi connectivity index (χ2n) is 4.94. The van der Waals surface area contributed by atoms with Crippen molar-refractivity contribution >= 4 is 11.1 Å². The third-order valence-electron chi connectivity index (χ3n) is 3.73. The van der Waals surface area contributed by atoms with Gasteiger partial charge in [-0.3, -0.25) is 0 Å². The van der Waals surface area contributed by atoms with Gasteiger partial charge < -0.3 is 9.84 Å². The van der Waals surface area contributed by atoms with Gasteiger partial charge in [0.25, 0.3) is 0 Å². The molecule has 0 amide bonds. The van der Waals surface area contributed by atoms with Crippen LogP contribution in [0.5, 0.6) is 11.5 Å². The van der Waals surface area contributed by atoms with E-state index < -0.39 is 0 Å². The number of allylic oxidation sites excluding steroid dienone is 2. The van der Waals surface area contributed by atoms with Crippen molar-refractivity contribution in [1.29, 1.82) is 0 Å². The number of hydrogen-bond acceptors (Lipinski definition) is 2. The van der Waals surface area contributed by atoms with Crippen molar-refractivity contribution in [3.05, 3.63) is 59.7 Å². The van der Waals surface area contributed by atoms with Crippen LogP contribution in [-0.2, 0) is 0 Å². The van der Waals surface area contributed by atoms with Crippen LogP contribution in [0.4, 0.5) is 0 Å². The SMILES string of the molecule is CC/C(=C(/CC)c1ccc(OC)cc1)c1ccc(O)cc1. The highest BCUT2D eigenvalue weighted by Gasteiger charge is 2.09. The van der Waals surface area contributed by atoms with E-state index in [0.29, 0.717) is 5.75 Å². The maximum atomic E-state index is 9.45. The van der Waals surface area contributed by atoms with Crippen LogP contribution in [0, 0.1) is 0 Å². The normalized spacial score (nSPS) is 12.0. The van der Waals surface area contributed by atoms with Crippen molar-refractivity contribution in [2.24, 2.45) is 0 Å². The molecule has 0 aliphatic rings. The molecule has 0 saturated heterocycles. The molecule has 0 spiro atoms. The van der Waals surface area contributed by atoms with Gasteiger partial charge in [0, 0.05) is 0 Å². The van der Waals surface area contributed by atoms with Gasteiger partial charge in [-0.25, -0.2) is 0 Å². The molecular weight excluding hydrogens is 260 g/mol. The number of rotatable bonds is 5. The number of hydrogen-bond donors (Lipinski definition) is 1. The van der Waals surface area contributed by atoms with Crippen molar-refractivity contribution in [3.63, 3.8) is 0 Å². The zero-order chi connectivity index (χ0) is 15.2. The van der Waals surface area contributed by atoms with E-state index in [4.69, 9.17) is 4.74 Å². The summed E-state index contributed by atoms with van der Waals surface area (Å²) >= 11 is 0. The van der Waals surface area contributed by atoms with Crippen molar-refractivity contribution < 1.29 is 9.84 Å². The molecule has 1 N–H and O–H groups in total. The summed E-state index contributed by atoms with van der Waals surface area (Å²) in [6.45, 7) is 4.34. The fourth-order valence-corrected chi connectivity index (χ4v) is 2.64. The summed E-state index contributed by atoms with van der Waals surface area (Å²) < 4.78 is 5.22. The Labute approximate surface area is 126 Å². The van der Waals surface area contributed by atoms with Crippen LogP contribution in [0.25, 0.3) is 11.1 Å². The predicted octanol–water partition coefficient (Wildman–Crippen LogP) is 5.13. The monoisotopic (exact) mass is 282 g/mol. The van der Waals surface area contributed by atoms with Gasteiger partial charge in [0.15, 0.2) is 0 Å². The minimum atomic E-state index is 0.302. The summed E-state index contributed by atoms with van der Waals surface area (Å²) in [6.07, 6.45) is 1.93. The molecule has 2 heteroatoms. The van der Waals surface area contributed by atoms with E-state index in [9.17, 15) is 5.11 Å². The van der Waals surface area contributed by atoms with E-state index in [2.05, 4.69) is 26.0 Å². The molecule has 0 radical (unpaired) electrons. The first-order valence-electron chi connectivity index (χ1n) is 7.35. The Balaban J connectivity index is 2.49. The van der Waals surface area contributed by atoms with Crippen LogP contribution in [-0.4, -0.2) is 12.2 Å². The molecule has 2 rings (SSSR count). The molecule has 0 atom stereocenters. The van der Waals surface area contributed by atoms with E-state index in [0.717, 1.165) is 18.6 Å². The first-order valence-corrected chi connectivity index (χ1v) is 7.35. The van der Waals surface area contributed by atoms with Crippen LogP contribution in [0.2, 0.25) is 0 Å². The topological polar surface area (TPSA) is 29.5 Å². The van der Waals surface area contributed by atoms with Gasteiger partial charge in [0.1, 0.15) is 11.5 Å². The molecular formula is C19H22O2. The van der Waals surface area contributed by atoms with Gasteiger partial charge in [-0.1, -0.05) is 38.1 Å². The quantitative estimate of drug-likeness (QED) is 0.770. The molecule has 0 heterocycles. The minimum Gasteiger partial charge on any atom is -0.508 e. The number of methoxy groups -OCH3 is 1. The number of ether oxygens (including phenoxy) is 1. The molecule has 21 heavy (non-hydrogen) atoms. The maximum Gasteiger partial charge on any atom is 0.118 e. The van der Waals surface area contributed by atoms with Crippen molar-refractivity contribution in [3.8, 4) is 11.5 Å². The summed E-state index contributed by atoms with van der Waals surface area (Å²) in [5.74, 6) is 1.17. The average molecular weight is 282 g/mol. The Bertz CT molecular complexity index is 607. The Kier molecular flexibility index (Phi) is 5.04. The molecule has 0 bridgehead atoms. The van der Waals surface area contributed by atoms with Crippen LogP contribution in [0.15, 0.2) is 48.5 Å². The number of phenols is 1. The lowest BCUT2D eigenvalue weighted by molar-refractivity contribution is 0.415. The lowest BCUT2D eigenvalue weighted by atomic mass is 9.91. The van der Waals surface area contributed by atoms with E-state index in [1.165, 1.54) is 22.3 Å². The van der Waals surface area contributed by atoms with Gasteiger partial charge in [-0.2, -0.15) is 0 Å². The largest absolute Gasteiger partial charge is 0.508 e. The molecule has 110 valence electrons.